The van der Waals surface area contributed by atoms with Gasteiger partial charge in [0, 0.05) is 29.2 Å². The van der Waals surface area contributed by atoms with Crippen LogP contribution in [0.25, 0.3) is 10.9 Å². The maximum Gasteiger partial charge on any atom is 0.248 e. The lowest BCUT2D eigenvalue weighted by atomic mass is 9.95. The molecule has 114 valence electrons. The molecule has 2 atom stereocenters. The zero-order valence-electron chi connectivity index (χ0n) is 12.7. The third-order valence-electron chi connectivity index (χ3n) is 3.58. The van der Waals surface area contributed by atoms with E-state index in [1.54, 1.807) is 18.2 Å². The first-order valence-corrected chi connectivity index (χ1v) is 7.29. The molecule has 0 unspecified atom stereocenters. The molecule has 0 aliphatic heterocycles. The molecule has 0 bridgehead atoms. The molecule has 0 aliphatic rings. The van der Waals surface area contributed by atoms with Crippen LogP contribution in [0, 0.1) is 0 Å². The summed E-state index contributed by atoms with van der Waals surface area (Å²) in [4.78, 5) is 14.2. The maximum atomic E-state index is 11.4. The first-order chi connectivity index (χ1) is 9.92. The Balaban J connectivity index is 2.51. The molecular formula is C16H23N3O2. The van der Waals surface area contributed by atoms with Crippen LogP contribution in [0.1, 0.15) is 38.9 Å². The fourth-order valence-electron chi connectivity index (χ4n) is 2.64. The lowest BCUT2D eigenvalue weighted by molar-refractivity contribution is 0.123. The summed E-state index contributed by atoms with van der Waals surface area (Å²) < 4.78 is 0. The van der Waals surface area contributed by atoms with Crippen molar-refractivity contribution in [1.29, 1.82) is 0 Å². The quantitative estimate of drug-likeness (QED) is 0.633. The summed E-state index contributed by atoms with van der Waals surface area (Å²) in [6.07, 6.45) is 0.105. The van der Waals surface area contributed by atoms with Crippen molar-refractivity contribution in [1.82, 2.24) is 10.3 Å². The van der Waals surface area contributed by atoms with Crippen molar-refractivity contribution in [3.05, 3.63) is 40.2 Å². The van der Waals surface area contributed by atoms with Crippen molar-refractivity contribution >= 4 is 16.6 Å². The average molecular weight is 289 g/mol. The number of aromatic nitrogens is 1. The minimum absolute atomic E-state index is 0.0677. The highest BCUT2D eigenvalue weighted by Crippen LogP contribution is 2.28. The van der Waals surface area contributed by atoms with Gasteiger partial charge in [0.05, 0.1) is 11.6 Å². The summed E-state index contributed by atoms with van der Waals surface area (Å²) in [5.41, 5.74) is 7.63. The molecule has 2 rings (SSSR count). The number of rotatable bonds is 5. The third kappa shape index (κ3) is 3.43. The average Bonchev–Trinajstić information content (AvgIpc) is 2.42. The second-order valence-corrected chi connectivity index (χ2v) is 5.67. The van der Waals surface area contributed by atoms with Gasteiger partial charge in [-0.15, -0.1) is 0 Å². The van der Waals surface area contributed by atoms with Crippen LogP contribution in [-0.4, -0.2) is 22.2 Å². The number of hydrogen-bond donors (Lipinski definition) is 4. The number of aromatic amines is 1. The number of aliphatic hydroxyl groups excluding tert-OH is 1. The van der Waals surface area contributed by atoms with E-state index in [1.165, 1.54) is 6.07 Å². The smallest absolute Gasteiger partial charge is 0.248 e. The number of nitrogens with two attached hydrogens (primary N) is 1. The molecule has 1 heterocycles. The molecule has 5 N–H and O–H groups in total. The standard InChI is InChI=1S/C16H23N3O2/c1-4-13(18-9(2)3)16(21)12-7-10(17)8-14-11(12)5-6-15(20)19-14/h5-9,13,16,18,21H,4,17H2,1-3H3,(H,19,20)/t13-,16+/m0/s1. The third-order valence-corrected chi connectivity index (χ3v) is 3.58. The molecule has 1 aromatic heterocycles. The summed E-state index contributed by atoms with van der Waals surface area (Å²) in [5, 5.41) is 14.9. The Morgan fingerprint density at radius 3 is 2.67 bits per heavy atom. The first kappa shape index (κ1) is 15.5. The Morgan fingerprint density at radius 2 is 2.05 bits per heavy atom. The largest absolute Gasteiger partial charge is 0.399 e. The van der Waals surface area contributed by atoms with Gasteiger partial charge >= 0.3 is 0 Å². The molecule has 21 heavy (non-hydrogen) atoms. The normalized spacial score (nSPS) is 14.5. The summed E-state index contributed by atoms with van der Waals surface area (Å²) in [7, 11) is 0. The monoisotopic (exact) mass is 289 g/mol. The van der Waals surface area contributed by atoms with E-state index < -0.39 is 6.10 Å². The topological polar surface area (TPSA) is 91.1 Å². The van der Waals surface area contributed by atoms with Crippen LogP contribution in [0.3, 0.4) is 0 Å². The van der Waals surface area contributed by atoms with Gasteiger partial charge in [0.1, 0.15) is 0 Å². The highest BCUT2D eigenvalue weighted by Gasteiger charge is 2.22. The fraction of sp³-hybridized carbons (Fsp3) is 0.438. The number of H-pyrrole nitrogens is 1. The van der Waals surface area contributed by atoms with E-state index in [0.717, 1.165) is 17.4 Å². The SMILES string of the molecule is CC[C@H](NC(C)C)[C@H](O)c1cc(N)cc2[nH]c(=O)ccc12. The molecule has 0 saturated heterocycles. The van der Waals surface area contributed by atoms with Crippen LogP contribution in [0.5, 0.6) is 0 Å². The van der Waals surface area contributed by atoms with Crippen molar-refractivity contribution < 1.29 is 5.11 Å². The summed E-state index contributed by atoms with van der Waals surface area (Å²) in [5.74, 6) is 0. The summed E-state index contributed by atoms with van der Waals surface area (Å²) in [6, 6.07) is 6.89. The van der Waals surface area contributed by atoms with Crippen molar-refractivity contribution in [3.8, 4) is 0 Å². The molecule has 0 fully saturated rings. The fourth-order valence-corrected chi connectivity index (χ4v) is 2.64. The molecule has 2 aromatic rings. The molecule has 0 spiro atoms. The van der Waals surface area contributed by atoms with Gasteiger partial charge in [-0.2, -0.15) is 0 Å². The number of nitrogen functional groups attached to an aromatic ring is 1. The van der Waals surface area contributed by atoms with E-state index in [2.05, 4.69) is 10.3 Å². The molecule has 5 heteroatoms. The van der Waals surface area contributed by atoms with Gasteiger partial charge in [-0.1, -0.05) is 20.8 Å². The number of anilines is 1. The Labute approximate surface area is 124 Å². The molecule has 0 radical (unpaired) electrons. The second kappa shape index (κ2) is 6.28. The van der Waals surface area contributed by atoms with Crippen LogP contribution < -0.4 is 16.6 Å². The van der Waals surface area contributed by atoms with Crippen molar-refractivity contribution in [2.75, 3.05) is 5.73 Å². The van der Waals surface area contributed by atoms with E-state index in [0.29, 0.717) is 11.2 Å². The van der Waals surface area contributed by atoms with E-state index >= 15 is 0 Å². The van der Waals surface area contributed by atoms with Crippen molar-refractivity contribution in [2.24, 2.45) is 0 Å². The minimum Gasteiger partial charge on any atom is -0.399 e. The minimum atomic E-state index is -0.686. The number of fused-ring (bicyclic) bond motifs is 1. The lowest BCUT2D eigenvalue weighted by Crippen LogP contribution is -2.39. The number of hydrogen-bond acceptors (Lipinski definition) is 4. The van der Waals surface area contributed by atoms with Gasteiger partial charge in [0.2, 0.25) is 5.56 Å². The van der Waals surface area contributed by atoms with Crippen molar-refractivity contribution in [3.63, 3.8) is 0 Å². The predicted molar refractivity (Wildman–Crippen MR) is 86.3 cm³/mol. The summed E-state index contributed by atoms with van der Waals surface area (Å²) in [6.45, 7) is 6.12. The Hall–Kier alpha value is -1.85. The molecule has 1 aromatic carbocycles. The van der Waals surface area contributed by atoms with Crippen LogP contribution in [0.2, 0.25) is 0 Å². The van der Waals surface area contributed by atoms with Crippen LogP contribution in [-0.2, 0) is 0 Å². The number of benzene rings is 1. The van der Waals surface area contributed by atoms with E-state index in [1.807, 2.05) is 20.8 Å². The molecule has 5 nitrogen and oxygen atoms in total. The number of pyridine rings is 1. The maximum absolute atomic E-state index is 11.4. The van der Waals surface area contributed by atoms with Gasteiger partial charge in [0.15, 0.2) is 0 Å². The number of nitrogens with one attached hydrogen (secondary N) is 2. The predicted octanol–water partition coefficient (Wildman–Crippen LogP) is 1.92. The van der Waals surface area contributed by atoms with Crippen molar-refractivity contribution in [2.45, 2.75) is 45.4 Å². The van der Waals surface area contributed by atoms with Gasteiger partial charge in [-0.3, -0.25) is 4.79 Å². The summed E-state index contributed by atoms with van der Waals surface area (Å²) >= 11 is 0. The molecule has 0 aliphatic carbocycles. The molecule has 0 amide bonds. The Kier molecular flexibility index (Phi) is 4.65. The Bertz CT molecular complexity index is 679. The highest BCUT2D eigenvalue weighted by molar-refractivity contribution is 5.85. The van der Waals surface area contributed by atoms with Gasteiger partial charge in [0.25, 0.3) is 0 Å². The zero-order chi connectivity index (χ0) is 15.6. The Morgan fingerprint density at radius 1 is 1.33 bits per heavy atom. The lowest BCUT2D eigenvalue weighted by Gasteiger charge is -2.26. The van der Waals surface area contributed by atoms with Gasteiger partial charge < -0.3 is 21.1 Å². The van der Waals surface area contributed by atoms with Crippen LogP contribution in [0.15, 0.2) is 29.1 Å². The van der Waals surface area contributed by atoms with Gasteiger partial charge in [-0.05, 0) is 30.2 Å². The van der Waals surface area contributed by atoms with Crippen LogP contribution >= 0.6 is 0 Å². The van der Waals surface area contributed by atoms with Gasteiger partial charge in [-0.25, -0.2) is 0 Å². The first-order valence-electron chi connectivity index (χ1n) is 7.29. The molecule has 0 saturated carbocycles. The molecular weight excluding hydrogens is 266 g/mol. The number of aliphatic hydroxyl groups is 1. The van der Waals surface area contributed by atoms with E-state index in [-0.39, 0.29) is 17.6 Å². The highest BCUT2D eigenvalue weighted by atomic mass is 16.3. The second-order valence-electron chi connectivity index (χ2n) is 5.67. The van der Waals surface area contributed by atoms with E-state index in [9.17, 15) is 9.90 Å². The zero-order valence-corrected chi connectivity index (χ0v) is 12.7. The van der Waals surface area contributed by atoms with E-state index in [4.69, 9.17) is 5.73 Å². The van der Waals surface area contributed by atoms with Crippen LogP contribution in [0.4, 0.5) is 5.69 Å².